The SMILES string of the molecule is CN(C)c1ccc(CCC(=O)c2ccc(C#N)cc2)cc1. The van der Waals surface area contributed by atoms with E-state index in [-0.39, 0.29) is 5.78 Å². The minimum Gasteiger partial charge on any atom is -0.378 e. The maximum Gasteiger partial charge on any atom is 0.163 e. The Morgan fingerprint density at radius 3 is 2.19 bits per heavy atom. The first-order chi connectivity index (χ1) is 10.1. The minimum atomic E-state index is 0.108. The highest BCUT2D eigenvalue weighted by atomic mass is 16.1. The number of hydrogen-bond donors (Lipinski definition) is 0. The molecule has 0 N–H and O–H groups in total. The van der Waals surface area contributed by atoms with Crippen molar-refractivity contribution in [1.82, 2.24) is 0 Å². The molecule has 0 saturated carbocycles. The van der Waals surface area contributed by atoms with E-state index in [2.05, 4.69) is 30.3 Å². The van der Waals surface area contributed by atoms with Crippen LogP contribution in [0, 0.1) is 11.3 Å². The number of carbonyl (C=O) groups is 1. The zero-order chi connectivity index (χ0) is 15.2. The summed E-state index contributed by atoms with van der Waals surface area (Å²) in [7, 11) is 4.01. The van der Waals surface area contributed by atoms with E-state index < -0.39 is 0 Å². The minimum absolute atomic E-state index is 0.108. The van der Waals surface area contributed by atoms with Crippen LogP contribution < -0.4 is 4.90 Å². The van der Waals surface area contributed by atoms with E-state index in [0.717, 1.165) is 17.7 Å². The number of hydrogen-bond acceptors (Lipinski definition) is 3. The molecule has 0 saturated heterocycles. The van der Waals surface area contributed by atoms with Gasteiger partial charge in [0.05, 0.1) is 11.6 Å². The molecule has 0 atom stereocenters. The van der Waals surface area contributed by atoms with Gasteiger partial charge in [0.2, 0.25) is 0 Å². The second-order valence-corrected chi connectivity index (χ2v) is 5.17. The van der Waals surface area contributed by atoms with Gasteiger partial charge in [0.25, 0.3) is 0 Å². The summed E-state index contributed by atoms with van der Waals surface area (Å²) in [5.74, 6) is 0.108. The van der Waals surface area contributed by atoms with Crippen molar-refractivity contribution in [3.05, 3.63) is 65.2 Å². The number of aryl methyl sites for hydroxylation is 1. The molecule has 106 valence electrons. The lowest BCUT2D eigenvalue weighted by atomic mass is 10.0. The van der Waals surface area contributed by atoms with Crippen molar-refractivity contribution in [1.29, 1.82) is 5.26 Å². The largest absolute Gasteiger partial charge is 0.378 e. The molecular formula is C18H18N2O. The number of nitriles is 1. The lowest BCUT2D eigenvalue weighted by Gasteiger charge is -2.12. The van der Waals surface area contributed by atoms with Crippen molar-refractivity contribution in [2.75, 3.05) is 19.0 Å². The summed E-state index contributed by atoms with van der Waals surface area (Å²) in [6, 6.07) is 17.1. The number of anilines is 1. The van der Waals surface area contributed by atoms with Gasteiger partial charge in [-0.15, -0.1) is 0 Å². The van der Waals surface area contributed by atoms with Crippen LogP contribution in [0.2, 0.25) is 0 Å². The van der Waals surface area contributed by atoms with E-state index in [0.29, 0.717) is 17.5 Å². The van der Waals surface area contributed by atoms with Gasteiger partial charge in [-0.1, -0.05) is 24.3 Å². The van der Waals surface area contributed by atoms with Crippen molar-refractivity contribution in [2.45, 2.75) is 12.8 Å². The highest BCUT2D eigenvalue weighted by molar-refractivity contribution is 5.96. The number of Topliss-reactive ketones (excluding diaryl/α,β-unsaturated/α-hetero) is 1. The second kappa shape index (κ2) is 6.71. The van der Waals surface area contributed by atoms with Gasteiger partial charge in [-0.2, -0.15) is 5.26 Å². The normalized spacial score (nSPS) is 9.95. The fraction of sp³-hybridized carbons (Fsp3) is 0.222. The van der Waals surface area contributed by atoms with E-state index in [1.54, 1.807) is 24.3 Å². The molecule has 21 heavy (non-hydrogen) atoms. The maximum atomic E-state index is 12.1. The van der Waals surface area contributed by atoms with Crippen LogP contribution in [0.1, 0.15) is 27.9 Å². The molecule has 0 fully saturated rings. The van der Waals surface area contributed by atoms with Gasteiger partial charge in [0.15, 0.2) is 5.78 Å². The Labute approximate surface area is 125 Å². The Hall–Kier alpha value is -2.60. The number of benzene rings is 2. The van der Waals surface area contributed by atoms with Gasteiger partial charge in [0, 0.05) is 31.8 Å². The van der Waals surface area contributed by atoms with E-state index >= 15 is 0 Å². The molecule has 0 unspecified atom stereocenters. The first kappa shape index (κ1) is 14.8. The summed E-state index contributed by atoms with van der Waals surface area (Å²) in [5, 5.41) is 8.74. The molecule has 0 heterocycles. The Morgan fingerprint density at radius 2 is 1.67 bits per heavy atom. The summed E-state index contributed by atoms with van der Waals surface area (Å²) in [4.78, 5) is 14.1. The van der Waals surface area contributed by atoms with Crippen molar-refractivity contribution in [3.8, 4) is 6.07 Å². The van der Waals surface area contributed by atoms with Gasteiger partial charge in [0.1, 0.15) is 0 Å². The standard InChI is InChI=1S/C18H18N2O/c1-20(2)17-10-5-14(6-11-17)7-12-18(21)16-8-3-15(13-19)4-9-16/h3-6,8-11H,7,12H2,1-2H3. The summed E-state index contributed by atoms with van der Waals surface area (Å²) in [6.07, 6.45) is 1.21. The average molecular weight is 278 g/mol. The molecule has 0 aliphatic rings. The summed E-state index contributed by atoms with van der Waals surface area (Å²) in [6.45, 7) is 0. The molecule has 0 amide bonds. The van der Waals surface area contributed by atoms with Crippen molar-refractivity contribution < 1.29 is 4.79 Å². The number of rotatable bonds is 5. The van der Waals surface area contributed by atoms with Gasteiger partial charge >= 0.3 is 0 Å². The zero-order valence-electron chi connectivity index (χ0n) is 12.3. The molecule has 2 aromatic rings. The summed E-state index contributed by atoms with van der Waals surface area (Å²) < 4.78 is 0. The van der Waals surface area contributed by atoms with Crippen LogP contribution in [0.4, 0.5) is 5.69 Å². The summed E-state index contributed by atoms with van der Waals surface area (Å²) >= 11 is 0. The van der Waals surface area contributed by atoms with Crippen LogP contribution in [-0.4, -0.2) is 19.9 Å². The van der Waals surface area contributed by atoms with Crippen LogP contribution in [0.25, 0.3) is 0 Å². The van der Waals surface area contributed by atoms with Gasteiger partial charge < -0.3 is 4.90 Å². The molecule has 2 rings (SSSR count). The van der Waals surface area contributed by atoms with Gasteiger partial charge in [-0.3, -0.25) is 4.79 Å². The van der Waals surface area contributed by atoms with Crippen molar-refractivity contribution >= 4 is 11.5 Å². The van der Waals surface area contributed by atoms with Crippen molar-refractivity contribution in [2.24, 2.45) is 0 Å². The predicted octanol–water partition coefficient (Wildman–Crippen LogP) is 3.44. The topological polar surface area (TPSA) is 44.1 Å². The Bertz CT molecular complexity index is 649. The van der Waals surface area contributed by atoms with Gasteiger partial charge in [-0.25, -0.2) is 0 Å². The fourth-order valence-corrected chi connectivity index (χ4v) is 2.09. The summed E-state index contributed by atoms with van der Waals surface area (Å²) in [5.41, 5.74) is 3.55. The highest BCUT2D eigenvalue weighted by Crippen LogP contribution is 2.14. The van der Waals surface area contributed by atoms with E-state index in [4.69, 9.17) is 5.26 Å². The first-order valence-electron chi connectivity index (χ1n) is 6.90. The predicted molar refractivity (Wildman–Crippen MR) is 84.6 cm³/mol. The van der Waals surface area contributed by atoms with Gasteiger partial charge in [-0.05, 0) is 36.2 Å². The molecule has 0 bridgehead atoms. The third-order valence-corrected chi connectivity index (χ3v) is 3.43. The molecular weight excluding hydrogens is 260 g/mol. The molecule has 0 aliphatic carbocycles. The molecule has 0 radical (unpaired) electrons. The highest BCUT2D eigenvalue weighted by Gasteiger charge is 2.06. The third kappa shape index (κ3) is 3.93. The first-order valence-corrected chi connectivity index (χ1v) is 6.90. The van der Waals surface area contributed by atoms with Crippen LogP contribution in [-0.2, 0) is 6.42 Å². The second-order valence-electron chi connectivity index (χ2n) is 5.17. The van der Waals surface area contributed by atoms with Crippen LogP contribution >= 0.6 is 0 Å². The molecule has 3 nitrogen and oxygen atoms in total. The van der Waals surface area contributed by atoms with Crippen LogP contribution in [0.15, 0.2) is 48.5 Å². The number of carbonyl (C=O) groups excluding carboxylic acids is 1. The molecule has 0 spiro atoms. The average Bonchev–Trinajstić information content (AvgIpc) is 2.53. The van der Waals surface area contributed by atoms with Crippen LogP contribution in [0.3, 0.4) is 0 Å². The Morgan fingerprint density at radius 1 is 1.05 bits per heavy atom. The van der Waals surface area contributed by atoms with Crippen molar-refractivity contribution in [3.63, 3.8) is 0 Å². The number of nitrogens with zero attached hydrogens (tertiary/aromatic N) is 2. The Kier molecular flexibility index (Phi) is 4.73. The monoisotopic (exact) mass is 278 g/mol. The Balaban J connectivity index is 1.95. The van der Waals surface area contributed by atoms with Crippen LogP contribution in [0.5, 0.6) is 0 Å². The zero-order valence-corrected chi connectivity index (χ0v) is 12.3. The molecule has 0 aromatic heterocycles. The fourth-order valence-electron chi connectivity index (χ4n) is 2.09. The molecule has 3 heteroatoms. The lowest BCUT2D eigenvalue weighted by molar-refractivity contribution is 0.0983. The molecule has 2 aromatic carbocycles. The third-order valence-electron chi connectivity index (χ3n) is 3.43. The van der Waals surface area contributed by atoms with E-state index in [1.807, 2.05) is 19.0 Å². The maximum absolute atomic E-state index is 12.1. The molecule has 0 aliphatic heterocycles. The number of ketones is 1. The lowest BCUT2D eigenvalue weighted by Crippen LogP contribution is -2.08. The quantitative estimate of drug-likeness (QED) is 0.787. The smallest absolute Gasteiger partial charge is 0.163 e. The van der Waals surface area contributed by atoms with E-state index in [1.165, 1.54) is 0 Å². The van der Waals surface area contributed by atoms with E-state index in [9.17, 15) is 4.79 Å².